The average molecular weight is 582 g/mol. The van der Waals surface area contributed by atoms with Gasteiger partial charge in [-0.1, -0.05) is 6.07 Å². The fraction of sp³-hybridized carbons (Fsp3) is 0.240. The Morgan fingerprint density at radius 3 is 2.24 bits per heavy atom. The zero-order valence-corrected chi connectivity index (χ0v) is 23.6. The van der Waals surface area contributed by atoms with E-state index in [4.69, 9.17) is 4.74 Å². The molecular weight excluding hydrogens is 553 g/mol. The van der Waals surface area contributed by atoms with Gasteiger partial charge < -0.3 is 10.1 Å². The summed E-state index contributed by atoms with van der Waals surface area (Å²) < 4.78 is 74.9. The molecular formula is C25H28FN3O6S3. The van der Waals surface area contributed by atoms with Crippen molar-refractivity contribution in [3.63, 3.8) is 0 Å². The second-order valence-electron chi connectivity index (χ2n) is 8.35. The predicted molar refractivity (Wildman–Crippen MR) is 146 cm³/mol. The molecule has 0 aromatic heterocycles. The number of carbonyl (C=O) groups is 1. The van der Waals surface area contributed by atoms with Crippen LogP contribution in [-0.4, -0.2) is 48.7 Å². The normalized spacial score (nSPS) is 11.8. The minimum atomic E-state index is -4.28. The highest BCUT2D eigenvalue weighted by atomic mass is 32.2. The van der Waals surface area contributed by atoms with E-state index in [0.29, 0.717) is 0 Å². The van der Waals surface area contributed by atoms with E-state index in [9.17, 15) is 26.0 Å². The van der Waals surface area contributed by atoms with Crippen molar-refractivity contribution in [1.82, 2.24) is 4.72 Å². The number of nitrogens with zero attached hydrogens (tertiary/aromatic N) is 1. The third-order valence-electron chi connectivity index (χ3n) is 5.18. The Morgan fingerprint density at radius 1 is 1.00 bits per heavy atom. The monoisotopic (exact) mass is 581 g/mol. The summed E-state index contributed by atoms with van der Waals surface area (Å²) >= 11 is 1.43. The molecule has 13 heteroatoms. The number of hydrogen-bond acceptors (Lipinski definition) is 7. The summed E-state index contributed by atoms with van der Waals surface area (Å²) in [5, 5.41) is 2.52. The third kappa shape index (κ3) is 7.04. The number of methoxy groups -OCH3 is 1. The summed E-state index contributed by atoms with van der Waals surface area (Å²) in [5.74, 6) is -1.32. The first kappa shape index (κ1) is 29.4. The molecule has 0 radical (unpaired) electrons. The lowest BCUT2D eigenvalue weighted by Crippen LogP contribution is -2.38. The standard InChI is InChI=1S/C25H28FN3O6S3/c1-17(2)28-37(31,32)22-12-13-24(35-3)23(15-22)27-25(30)16-29(19-7-5-6-18(26)14-19)38(33,34)21-10-8-20(36-4)9-11-21/h5-15,17,28H,16H2,1-4H3,(H,27,30). The van der Waals surface area contributed by atoms with Gasteiger partial charge in [-0.25, -0.2) is 25.9 Å². The second-order valence-corrected chi connectivity index (χ2v) is 12.8. The van der Waals surface area contributed by atoms with Crippen LogP contribution in [0.25, 0.3) is 0 Å². The van der Waals surface area contributed by atoms with Gasteiger partial charge in [0.2, 0.25) is 15.9 Å². The smallest absolute Gasteiger partial charge is 0.264 e. The van der Waals surface area contributed by atoms with Crippen LogP contribution >= 0.6 is 11.8 Å². The highest BCUT2D eigenvalue weighted by Gasteiger charge is 2.28. The number of nitrogens with one attached hydrogen (secondary N) is 2. The molecule has 0 heterocycles. The fourth-order valence-electron chi connectivity index (χ4n) is 3.47. The summed E-state index contributed by atoms with van der Waals surface area (Å²) in [4.78, 5) is 13.8. The van der Waals surface area contributed by atoms with Gasteiger partial charge in [-0.2, -0.15) is 0 Å². The summed E-state index contributed by atoms with van der Waals surface area (Å²) in [5.41, 5.74) is -0.0384. The lowest BCUT2D eigenvalue weighted by Gasteiger charge is -2.24. The average Bonchev–Trinajstić information content (AvgIpc) is 2.86. The molecule has 0 aliphatic heterocycles. The molecule has 9 nitrogen and oxygen atoms in total. The Labute approximate surface area is 226 Å². The summed E-state index contributed by atoms with van der Waals surface area (Å²) in [6.07, 6.45) is 1.85. The Bertz CT molecular complexity index is 1510. The van der Waals surface area contributed by atoms with Gasteiger partial charge in [-0.05, 0) is 80.8 Å². The van der Waals surface area contributed by atoms with Gasteiger partial charge in [0, 0.05) is 10.9 Å². The zero-order valence-electron chi connectivity index (χ0n) is 21.1. The van der Waals surface area contributed by atoms with E-state index in [0.717, 1.165) is 21.3 Å². The first-order chi connectivity index (χ1) is 17.9. The molecule has 0 aliphatic rings. The summed E-state index contributed by atoms with van der Waals surface area (Å²) in [7, 11) is -6.83. The minimum absolute atomic E-state index is 0.0186. The van der Waals surface area contributed by atoms with Crippen molar-refractivity contribution in [2.24, 2.45) is 0 Å². The number of sulfonamides is 2. The number of thioether (sulfide) groups is 1. The number of ether oxygens (including phenoxy) is 1. The van der Waals surface area contributed by atoms with Crippen LogP contribution in [-0.2, 0) is 24.8 Å². The number of benzene rings is 3. The van der Waals surface area contributed by atoms with Crippen molar-refractivity contribution in [2.75, 3.05) is 29.5 Å². The van der Waals surface area contributed by atoms with Crippen LogP contribution in [0.2, 0.25) is 0 Å². The molecule has 0 saturated carbocycles. The topological polar surface area (TPSA) is 122 Å². The van der Waals surface area contributed by atoms with Gasteiger partial charge in [0.15, 0.2) is 0 Å². The van der Waals surface area contributed by atoms with Crippen LogP contribution in [0, 0.1) is 5.82 Å². The summed E-state index contributed by atoms with van der Waals surface area (Å²) in [6, 6.07) is 14.5. The number of amides is 1. The van der Waals surface area contributed by atoms with E-state index in [1.165, 1.54) is 61.3 Å². The van der Waals surface area contributed by atoms with Crippen molar-refractivity contribution in [3.05, 3.63) is 72.5 Å². The molecule has 0 fully saturated rings. The van der Waals surface area contributed by atoms with Gasteiger partial charge in [0.25, 0.3) is 10.0 Å². The molecule has 2 N–H and O–H groups in total. The van der Waals surface area contributed by atoms with Crippen LogP contribution in [0.1, 0.15) is 13.8 Å². The molecule has 0 saturated heterocycles. The third-order valence-corrected chi connectivity index (χ3v) is 9.36. The maximum atomic E-state index is 14.0. The van der Waals surface area contributed by atoms with Crippen LogP contribution in [0.3, 0.4) is 0 Å². The molecule has 0 aliphatic carbocycles. The number of carbonyl (C=O) groups excluding carboxylic acids is 1. The van der Waals surface area contributed by atoms with Gasteiger partial charge in [0.05, 0.1) is 28.3 Å². The number of anilines is 2. The lowest BCUT2D eigenvalue weighted by molar-refractivity contribution is -0.114. The zero-order chi connectivity index (χ0) is 28.1. The Balaban J connectivity index is 1.98. The molecule has 3 aromatic carbocycles. The van der Waals surface area contributed by atoms with E-state index in [2.05, 4.69) is 10.0 Å². The van der Waals surface area contributed by atoms with E-state index < -0.39 is 38.3 Å². The second kappa shape index (κ2) is 12.2. The number of halogens is 1. The Hall–Kier alpha value is -3.13. The number of hydrogen-bond donors (Lipinski definition) is 2. The first-order valence-corrected chi connectivity index (χ1v) is 15.4. The van der Waals surface area contributed by atoms with Gasteiger partial charge in [-0.15, -0.1) is 11.8 Å². The molecule has 38 heavy (non-hydrogen) atoms. The molecule has 0 spiro atoms. The van der Waals surface area contributed by atoms with Gasteiger partial charge in [0.1, 0.15) is 18.1 Å². The van der Waals surface area contributed by atoms with Crippen LogP contribution in [0.5, 0.6) is 5.75 Å². The molecule has 3 rings (SSSR count). The van der Waals surface area contributed by atoms with Crippen molar-refractivity contribution in [2.45, 2.75) is 34.6 Å². The maximum absolute atomic E-state index is 14.0. The SMILES string of the molecule is COc1ccc(S(=O)(=O)NC(C)C)cc1NC(=O)CN(c1cccc(F)c1)S(=O)(=O)c1ccc(SC)cc1. The Morgan fingerprint density at radius 2 is 1.66 bits per heavy atom. The fourth-order valence-corrected chi connectivity index (χ4v) is 6.57. The van der Waals surface area contributed by atoms with E-state index in [1.54, 1.807) is 26.0 Å². The highest BCUT2D eigenvalue weighted by molar-refractivity contribution is 7.98. The molecule has 0 unspecified atom stereocenters. The van der Waals surface area contributed by atoms with Crippen molar-refractivity contribution in [3.8, 4) is 5.75 Å². The largest absolute Gasteiger partial charge is 0.495 e. The van der Waals surface area contributed by atoms with E-state index in [-0.39, 0.29) is 33.0 Å². The molecule has 0 atom stereocenters. The van der Waals surface area contributed by atoms with Gasteiger partial charge >= 0.3 is 0 Å². The highest BCUT2D eigenvalue weighted by Crippen LogP contribution is 2.29. The van der Waals surface area contributed by atoms with Crippen molar-refractivity contribution >= 4 is 49.1 Å². The summed E-state index contributed by atoms with van der Waals surface area (Å²) in [6.45, 7) is 2.61. The van der Waals surface area contributed by atoms with Crippen LogP contribution in [0.15, 0.2) is 81.4 Å². The lowest BCUT2D eigenvalue weighted by atomic mass is 10.3. The van der Waals surface area contributed by atoms with E-state index in [1.807, 2.05) is 6.26 Å². The van der Waals surface area contributed by atoms with E-state index >= 15 is 0 Å². The first-order valence-electron chi connectivity index (χ1n) is 11.3. The van der Waals surface area contributed by atoms with Gasteiger partial charge in [-0.3, -0.25) is 9.10 Å². The predicted octanol–water partition coefficient (Wildman–Crippen LogP) is 4.08. The molecule has 204 valence electrons. The van der Waals surface area contributed by atoms with Crippen LogP contribution < -0.4 is 19.1 Å². The van der Waals surface area contributed by atoms with Crippen LogP contribution in [0.4, 0.5) is 15.8 Å². The maximum Gasteiger partial charge on any atom is 0.264 e. The molecule has 1 amide bonds. The quantitative estimate of drug-likeness (QED) is 0.327. The minimum Gasteiger partial charge on any atom is -0.495 e. The van der Waals surface area contributed by atoms with Crippen molar-refractivity contribution in [1.29, 1.82) is 0 Å². The Kier molecular flexibility index (Phi) is 9.41. The number of rotatable bonds is 11. The molecule has 0 bridgehead atoms. The molecule has 3 aromatic rings. The van der Waals surface area contributed by atoms with Crippen molar-refractivity contribution < 1.29 is 30.8 Å².